The number of aliphatic hydroxyl groups excluding tert-OH is 1. The number of aromatic nitrogens is 2. The molecule has 2 aromatic carbocycles. The van der Waals surface area contributed by atoms with Crippen molar-refractivity contribution in [2.24, 2.45) is 0 Å². The Hall–Kier alpha value is -2.74. The van der Waals surface area contributed by atoms with E-state index in [1.807, 2.05) is 37.3 Å². The molecule has 0 saturated heterocycles. The summed E-state index contributed by atoms with van der Waals surface area (Å²) in [4.78, 5) is 2.19. The monoisotopic (exact) mass is 455 g/mol. The number of halogens is 1. The third-order valence-electron chi connectivity index (χ3n) is 5.43. The zero-order chi connectivity index (χ0) is 23.8. The summed E-state index contributed by atoms with van der Waals surface area (Å²) in [6.45, 7) is 10.0. The Morgan fingerprint density at radius 2 is 1.76 bits per heavy atom. The van der Waals surface area contributed by atoms with Crippen LogP contribution in [-0.2, 0) is 17.7 Å². The highest BCUT2D eigenvalue weighted by Gasteiger charge is 2.25. The maximum absolute atomic E-state index is 13.6. The van der Waals surface area contributed by atoms with E-state index in [4.69, 9.17) is 14.6 Å². The molecule has 1 atom stereocenters. The van der Waals surface area contributed by atoms with Crippen LogP contribution in [0.15, 0.2) is 54.6 Å². The summed E-state index contributed by atoms with van der Waals surface area (Å²) in [5.41, 5.74) is 2.56. The second-order valence-corrected chi connectivity index (χ2v) is 8.22. The predicted octanol–water partition coefficient (Wildman–Crippen LogP) is 4.97. The number of para-hydroxylation sites is 1. The Kier molecular flexibility index (Phi) is 9.00. The van der Waals surface area contributed by atoms with Crippen molar-refractivity contribution in [1.82, 2.24) is 14.7 Å². The van der Waals surface area contributed by atoms with Crippen molar-refractivity contribution in [2.45, 2.75) is 52.8 Å². The largest absolute Gasteiger partial charge is 0.439 e. The van der Waals surface area contributed by atoms with Crippen molar-refractivity contribution in [3.8, 4) is 17.3 Å². The molecule has 0 bridgehead atoms. The molecule has 3 aromatic rings. The Morgan fingerprint density at radius 1 is 1.06 bits per heavy atom. The maximum Gasteiger partial charge on any atom is 0.227 e. The quantitative estimate of drug-likeness (QED) is 0.418. The van der Waals surface area contributed by atoms with Gasteiger partial charge in [-0.05, 0) is 63.6 Å². The highest BCUT2D eigenvalue weighted by molar-refractivity contribution is 5.44. The van der Waals surface area contributed by atoms with Gasteiger partial charge in [-0.25, -0.2) is 9.07 Å². The predicted molar refractivity (Wildman–Crippen MR) is 127 cm³/mol. The van der Waals surface area contributed by atoms with E-state index in [0.717, 1.165) is 16.9 Å². The SMILES string of the molecule is CCOCC(O)CN(Cc1c(CC)nn(-c2ccc(F)cc2)c1Oc1ccccc1)C(C)C. The van der Waals surface area contributed by atoms with Crippen molar-refractivity contribution in [2.75, 3.05) is 19.8 Å². The average Bonchev–Trinajstić information content (AvgIpc) is 3.15. The van der Waals surface area contributed by atoms with Crippen LogP contribution in [0.25, 0.3) is 5.69 Å². The van der Waals surface area contributed by atoms with E-state index in [0.29, 0.717) is 44.4 Å². The van der Waals surface area contributed by atoms with Crippen LogP contribution in [0.4, 0.5) is 4.39 Å². The molecular formula is C26H34FN3O3. The molecule has 0 radical (unpaired) electrons. The molecule has 0 aliphatic heterocycles. The third-order valence-corrected chi connectivity index (χ3v) is 5.43. The fourth-order valence-electron chi connectivity index (χ4n) is 3.62. The van der Waals surface area contributed by atoms with Crippen molar-refractivity contribution in [3.05, 3.63) is 71.7 Å². The molecule has 1 aromatic heterocycles. The van der Waals surface area contributed by atoms with Gasteiger partial charge in [0.05, 0.1) is 29.7 Å². The summed E-state index contributed by atoms with van der Waals surface area (Å²) < 4.78 is 27.0. The molecule has 0 aliphatic rings. The molecule has 0 fully saturated rings. The van der Waals surface area contributed by atoms with Gasteiger partial charge >= 0.3 is 0 Å². The fraction of sp³-hybridized carbons (Fsp3) is 0.423. The van der Waals surface area contributed by atoms with Gasteiger partial charge in [-0.1, -0.05) is 25.1 Å². The van der Waals surface area contributed by atoms with Crippen molar-refractivity contribution in [1.29, 1.82) is 0 Å². The Balaban J connectivity index is 2.01. The summed E-state index contributed by atoms with van der Waals surface area (Å²) in [7, 11) is 0. The number of nitrogens with zero attached hydrogens (tertiary/aromatic N) is 3. The minimum Gasteiger partial charge on any atom is -0.439 e. The first-order valence-corrected chi connectivity index (χ1v) is 11.5. The van der Waals surface area contributed by atoms with Gasteiger partial charge in [-0.3, -0.25) is 4.90 Å². The van der Waals surface area contributed by atoms with Crippen LogP contribution >= 0.6 is 0 Å². The first kappa shape index (κ1) is 24.9. The van der Waals surface area contributed by atoms with Crippen LogP contribution < -0.4 is 4.74 Å². The van der Waals surface area contributed by atoms with E-state index < -0.39 is 6.10 Å². The van der Waals surface area contributed by atoms with Crippen LogP contribution in [0.5, 0.6) is 11.6 Å². The molecular weight excluding hydrogens is 421 g/mol. The lowest BCUT2D eigenvalue weighted by Crippen LogP contribution is -2.39. The topological polar surface area (TPSA) is 59.8 Å². The van der Waals surface area contributed by atoms with E-state index in [-0.39, 0.29) is 11.9 Å². The highest BCUT2D eigenvalue weighted by atomic mass is 19.1. The Morgan fingerprint density at radius 3 is 2.36 bits per heavy atom. The number of hydrogen-bond donors (Lipinski definition) is 1. The van der Waals surface area contributed by atoms with Crippen molar-refractivity contribution < 1.29 is 19.0 Å². The molecule has 0 saturated carbocycles. The molecule has 7 heteroatoms. The van der Waals surface area contributed by atoms with Gasteiger partial charge in [0, 0.05) is 25.7 Å². The minimum atomic E-state index is -0.594. The molecule has 1 unspecified atom stereocenters. The second kappa shape index (κ2) is 11.9. The van der Waals surface area contributed by atoms with Gasteiger partial charge in [0.25, 0.3) is 0 Å². The maximum atomic E-state index is 13.6. The van der Waals surface area contributed by atoms with Gasteiger partial charge in [0.2, 0.25) is 5.88 Å². The van der Waals surface area contributed by atoms with Gasteiger partial charge in [-0.15, -0.1) is 0 Å². The van der Waals surface area contributed by atoms with Gasteiger partial charge in [0.1, 0.15) is 11.6 Å². The van der Waals surface area contributed by atoms with E-state index in [1.54, 1.807) is 16.8 Å². The summed E-state index contributed by atoms with van der Waals surface area (Å²) in [5, 5.41) is 15.3. The minimum absolute atomic E-state index is 0.185. The van der Waals surface area contributed by atoms with Crippen LogP contribution in [-0.4, -0.2) is 51.7 Å². The normalized spacial score (nSPS) is 12.5. The molecule has 33 heavy (non-hydrogen) atoms. The molecule has 0 spiro atoms. The Bertz CT molecular complexity index is 990. The van der Waals surface area contributed by atoms with Gasteiger partial charge in [-0.2, -0.15) is 5.10 Å². The standard InChI is InChI=1S/C26H34FN3O3/c1-5-25-24(17-29(19(3)4)16-22(31)18-32-6-2)26(33-23-10-8-7-9-11-23)30(28-25)21-14-12-20(27)13-15-21/h7-15,19,22,31H,5-6,16-18H2,1-4H3. The average molecular weight is 456 g/mol. The molecule has 1 N–H and O–H groups in total. The van der Waals surface area contributed by atoms with Crippen LogP contribution in [0.2, 0.25) is 0 Å². The molecule has 1 heterocycles. The highest BCUT2D eigenvalue weighted by Crippen LogP contribution is 2.32. The van der Waals surface area contributed by atoms with Crippen molar-refractivity contribution >= 4 is 0 Å². The van der Waals surface area contributed by atoms with Crippen LogP contribution in [0.1, 0.15) is 39.0 Å². The van der Waals surface area contributed by atoms with Crippen LogP contribution in [0, 0.1) is 5.82 Å². The lowest BCUT2D eigenvalue weighted by atomic mass is 10.1. The zero-order valence-electron chi connectivity index (χ0n) is 19.9. The smallest absolute Gasteiger partial charge is 0.227 e. The molecule has 0 amide bonds. The lowest BCUT2D eigenvalue weighted by Gasteiger charge is -2.29. The van der Waals surface area contributed by atoms with E-state index in [1.165, 1.54) is 12.1 Å². The summed E-state index contributed by atoms with van der Waals surface area (Å²) in [6, 6.07) is 15.9. The first-order valence-electron chi connectivity index (χ1n) is 11.5. The third kappa shape index (κ3) is 6.63. The lowest BCUT2D eigenvalue weighted by molar-refractivity contribution is 0.0131. The van der Waals surface area contributed by atoms with E-state index in [2.05, 4.69) is 25.7 Å². The summed E-state index contributed by atoms with van der Waals surface area (Å²) in [6.07, 6.45) is 0.116. The molecule has 0 aliphatic carbocycles. The summed E-state index contributed by atoms with van der Waals surface area (Å²) in [5.74, 6) is 0.980. The van der Waals surface area contributed by atoms with E-state index in [9.17, 15) is 9.50 Å². The van der Waals surface area contributed by atoms with E-state index >= 15 is 0 Å². The molecule has 178 valence electrons. The number of benzene rings is 2. The number of hydrogen-bond acceptors (Lipinski definition) is 5. The number of rotatable bonds is 12. The van der Waals surface area contributed by atoms with Gasteiger partial charge in [0.15, 0.2) is 0 Å². The van der Waals surface area contributed by atoms with Crippen molar-refractivity contribution in [3.63, 3.8) is 0 Å². The first-order chi connectivity index (χ1) is 15.9. The van der Waals surface area contributed by atoms with Crippen LogP contribution in [0.3, 0.4) is 0 Å². The van der Waals surface area contributed by atoms with Gasteiger partial charge < -0.3 is 14.6 Å². The number of ether oxygens (including phenoxy) is 2. The Labute approximate surface area is 195 Å². The second-order valence-electron chi connectivity index (χ2n) is 8.22. The number of aliphatic hydroxyl groups is 1. The fourth-order valence-corrected chi connectivity index (χ4v) is 3.62. The number of aryl methyl sites for hydroxylation is 1. The molecule has 3 rings (SSSR count). The zero-order valence-corrected chi connectivity index (χ0v) is 19.9. The summed E-state index contributed by atoms with van der Waals surface area (Å²) >= 11 is 0. The molecule has 6 nitrogen and oxygen atoms in total.